The van der Waals surface area contributed by atoms with Gasteiger partial charge < -0.3 is 4.42 Å². The summed E-state index contributed by atoms with van der Waals surface area (Å²) in [5, 5.41) is 9.79. The van der Waals surface area contributed by atoms with Gasteiger partial charge in [0.2, 0.25) is 5.95 Å². The number of aromatic nitrogens is 4. The third kappa shape index (κ3) is 6.03. The first-order chi connectivity index (χ1) is 31.2. The van der Waals surface area contributed by atoms with Crippen LogP contribution in [0.5, 0.6) is 0 Å². The molecular weight excluding hydrogens is 785 g/mol. The molecule has 63 heavy (non-hydrogen) atoms. The van der Waals surface area contributed by atoms with Crippen molar-refractivity contribution in [1.82, 2.24) is 19.5 Å². The van der Waals surface area contributed by atoms with Gasteiger partial charge in [0.1, 0.15) is 11.2 Å². The zero-order valence-electron chi connectivity index (χ0n) is 34.1. The van der Waals surface area contributed by atoms with E-state index in [4.69, 9.17) is 19.4 Å². The molecule has 12 aromatic rings. The molecule has 5 nitrogen and oxygen atoms in total. The van der Waals surface area contributed by atoms with Gasteiger partial charge in [0.15, 0.2) is 19.7 Å². The molecular formula is C57H38N4OSi. The summed E-state index contributed by atoms with van der Waals surface area (Å²) in [6, 6.07) is 82.2. The van der Waals surface area contributed by atoms with Crippen molar-refractivity contribution in [3.05, 3.63) is 231 Å². The van der Waals surface area contributed by atoms with Crippen LogP contribution in [0.4, 0.5) is 0 Å². The van der Waals surface area contributed by atoms with Crippen LogP contribution in [0.25, 0.3) is 83.6 Å². The molecule has 0 N–H and O–H groups in total. The maximum absolute atomic E-state index is 6.56. The van der Waals surface area contributed by atoms with E-state index in [1.165, 1.54) is 26.1 Å². The first-order valence-electron chi connectivity index (χ1n) is 21.3. The highest BCUT2D eigenvalue weighted by molar-refractivity contribution is 7.20. The fourth-order valence-electron chi connectivity index (χ4n) is 9.63. The fourth-order valence-corrected chi connectivity index (χ4v) is 14.6. The molecule has 3 aromatic heterocycles. The average Bonchev–Trinajstić information content (AvgIpc) is 3.91. The zero-order valence-corrected chi connectivity index (χ0v) is 35.1. The van der Waals surface area contributed by atoms with Gasteiger partial charge in [-0.1, -0.05) is 200 Å². The molecule has 0 bridgehead atoms. The van der Waals surface area contributed by atoms with E-state index in [-0.39, 0.29) is 0 Å². The molecule has 3 heterocycles. The van der Waals surface area contributed by atoms with Crippen LogP contribution in [0.15, 0.2) is 235 Å². The molecule has 296 valence electrons. The summed E-state index contributed by atoms with van der Waals surface area (Å²) >= 11 is 0. The number of rotatable bonds is 8. The number of nitrogens with zero attached hydrogens (tertiary/aromatic N) is 4. The molecule has 0 atom stereocenters. The first kappa shape index (κ1) is 36.6. The summed E-state index contributed by atoms with van der Waals surface area (Å²) in [6.07, 6.45) is 0. The molecule has 0 spiro atoms. The second-order valence-corrected chi connectivity index (χ2v) is 19.7. The lowest BCUT2D eigenvalue weighted by Crippen LogP contribution is -2.74. The average molecular weight is 823 g/mol. The van der Waals surface area contributed by atoms with E-state index in [9.17, 15) is 0 Å². The van der Waals surface area contributed by atoms with Crippen LogP contribution in [-0.2, 0) is 0 Å². The number of para-hydroxylation sites is 2. The standard InChI is InChI=1S/C57H38N4OSi/c1-5-19-39(20-6-1)55-58-56(40-21-7-2-8-22-40)60-57(59-55)61-49-31-15-13-29-46(49)48-38-42(35-36-50(48)61)41-23-17-28-45(37-41)63(43-24-9-3-10-25-43,44-26-11-4-12-27-44)53-34-18-33-52-54(53)47-30-14-16-32-51(47)62-52/h1-38H. The van der Waals surface area contributed by atoms with Crippen molar-refractivity contribution in [2.75, 3.05) is 0 Å². The number of furan rings is 1. The Balaban J connectivity index is 1.08. The van der Waals surface area contributed by atoms with E-state index < -0.39 is 8.07 Å². The molecule has 0 unspecified atom stereocenters. The molecule has 6 heteroatoms. The van der Waals surface area contributed by atoms with Crippen LogP contribution in [0.2, 0.25) is 0 Å². The molecule has 12 rings (SSSR count). The van der Waals surface area contributed by atoms with Crippen molar-refractivity contribution in [1.29, 1.82) is 0 Å². The minimum Gasteiger partial charge on any atom is -0.456 e. The third-order valence-corrected chi connectivity index (χ3v) is 17.2. The van der Waals surface area contributed by atoms with Gasteiger partial charge >= 0.3 is 0 Å². The summed E-state index contributed by atoms with van der Waals surface area (Å²) < 4.78 is 8.75. The van der Waals surface area contributed by atoms with Crippen molar-refractivity contribution in [3.63, 3.8) is 0 Å². The van der Waals surface area contributed by atoms with Gasteiger partial charge in [-0.25, -0.2) is 4.98 Å². The lowest BCUT2D eigenvalue weighted by molar-refractivity contribution is 0.669. The predicted octanol–water partition coefficient (Wildman–Crippen LogP) is 11.2. The van der Waals surface area contributed by atoms with Crippen LogP contribution in [0.3, 0.4) is 0 Å². The third-order valence-electron chi connectivity index (χ3n) is 12.4. The molecule has 0 fully saturated rings. The summed E-state index contributed by atoms with van der Waals surface area (Å²) in [5.74, 6) is 1.83. The van der Waals surface area contributed by atoms with Crippen LogP contribution in [0, 0.1) is 0 Å². The van der Waals surface area contributed by atoms with Crippen molar-refractivity contribution in [3.8, 4) is 39.9 Å². The second kappa shape index (κ2) is 15.1. The maximum atomic E-state index is 6.56. The number of hydrogen-bond acceptors (Lipinski definition) is 4. The normalized spacial score (nSPS) is 11.8. The van der Waals surface area contributed by atoms with Gasteiger partial charge in [-0.2, -0.15) is 9.97 Å². The maximum Gasteiger partial charge on any atom is 0.238 e. The Kier molecular flexibility index (Phi) is 8.76. The summed E-state index contributed by atoms with van der Waals surface area (Å²) in [7, 11) is -3.00. The molecule has 0 aliphatic carbocycles. The Hall–Kier alpha value is -8.19. The highest BCUT2D eigenvalue weighted by Crippen LogP contribution is 2.36. The fraction of sp³-hybridized carbons (Fsp3) is 0. The van der Waals surface area contributed by atoms with Crippen molar-refractivity contribution in [2.24, 2.45) is 0 Å². The second-order valence-electron chi connectivity index (χ2n) is 15.9. The van der Waals surface area contributed by atoms with Crippen LogP contribution in [-0.4, -0.2) is 27.6 Å². The van der Waals surface area contributed by atoms with E-state index in [1.807, 2.05) is 60.7 Å². The molecule has 0 saturated carbocycles. The molecule has 0 saturated heterocycles. The molecule has 0 aliphatic heterocycles. The highest BCUT2D eigenvalue weighted by atomic mass is 28.3. The van der Waals surface area contributed by atoms with Gasteiger partial charge in [0.25, 0.3) is 0 Å². The van der Waals surface area contributed by atoms with Crippen LogP contribution >= 0.6 is 0 Å². The van der Waals surface area contributed by atoms with E-state index in [2.05, 4.69) is 174 Å². The Morgan fingerprint density at radius 1 is 0.349 bits per heavy atom. The van der Waals surface area contributed by atoms with Crippen molar-refractivity contribution < 1.29 is 4.42 Å². The Bertz CT molecular complexity index is 3530. The van der Waals surface area contributed by atoms with E-state index in [0.29, 0.717) is 17.6 Å². The molecule has 0 radical (unpaired) electrons. The topological polar surface area (TPSA) is 56.7 Å². The van der Waals surface area contributed by atoms with Gasteiger partial charge in [0.05, 0.1) is 11.0 Å². The van der Waals surface area contributed by atoms with Crippen LogP contribution < -0.4 is 20.7 Å². The number of hydrogen-bond donors (Lipinski definition) is 0. The highest BCUT2D eigenvalue weighted by Gasteiger charge is 2.43. The van der Waals surface area contributed by atoms with Gasteiger partial charge in [-0.05, 0) is 62.2 Å². The summed E-state index contributed by atoms with van der Waals surface area (Å²) in [5.41, 5.74) is 8.01. The Labute approximate surface area is 365 Å². The smallest absolute Gasteiger partial charge is 0.238 e. The molecule has 0 amide bonds. The number of fused-ring (bicyclic) bond motifs is 6. The molecule has 9 aromatic carbocycles. The summed E-state index contributed by atoms with van der Waals surface area (Å²) in [6.45, 7) is 0. The predicted molar refractivity (Wildman–Crippen MR) is 261 cm³/mol. The lowest BCUT2D eigenvalue weighted by atomic mass is 10.0. The zero-order chi connectivity index (χ0) is 41.7. The quantitative estimate of drug-likeness (QED) is 0.113. The van der Waals surface area contributed by atoms with Gasteiger partial charge in [-0.15, -0.1) is 0 Å². The van der Waals surface area contributed by atoms with E-state index in [0.717, 1.165) is 60.6 Å². The van der Waals surface area contributed by atoms with Crippen molar-refractivity contribution in [2.45, 2.75) is 0 Å². The largest absolute Gasteiger partial charge is 0.456 e. The summed E-state index contributed by atoms with van der Waals surface area (Å²) in [4.78, 5) is 15.3. The van der Waals surface area contributed by atoms with Gasteiger partial charge in [0, 0.05) is 32.7 Å². The minimum absolute atomic E-state index is 0.575. The molecule has 0 aliphatic rings. The van der Waals surface area contributed by atoms with Gasteiger partial charge in [-0.3, -0.25) is 4.57 Å². The first-order valence-corrected chi connectivity index (χ1v) is 23.3. The van der Waals surface area contributed by atoms with Crippen LogP contribution in [0.1, 0.15) is 0 Å². The minimum atomic E-state index is -3.00. The van der Waals surface area contributed by atoms with E-state index >= 15 is 0 Å². The number of benzene rings is 9. The van der Waals surface area contributed by atoms with E-state index in [1.54, 1.807) is 0 Å². The lowest BCUT2D eigenvalue weighted by Gasteiger charge is -2.35. The Morgan fingerprint density at radius 2 is 0.857 bits per heavy atom. The SMILES string of the molecule is c1ccc(-c2nc(-c3ccccc3)nc(-n3c4ccccc4c4cc(-c5cccc([Si](c6ccccc6)(c6ccccc6)c6cccc7oc8ccccc8c67)c5)ccc43)n2)cc1. The Morgan fingerprint density at radius 3 is 1.54 bits per heavy atom. The monoisotopic (exact) mass is 822 g/mol. The van der Waals surface area contributed by atoms with Crippen molar-refractivity contribution >= 4 is 72.6 Å².